The first-order chi connectivity index (χ1) is 12.0. The van der Waals surface area contributed by atoms with Crippen molar-refractivity contribution in [1.29, 1.82) is 0 Å². The van der Waals surface area contributed by atoms with Gasteiger partial charge in [-0.3, -0.25) is 4.79 Å². The molecule has 5 nitrogen and oxygen atoms in total. The molecule has 1 amide bonds. The number of carbonyl (C=O) groups excluding carboxylic acids is 1. The summed E-state index contributed by atoms with van der Waals surface area (Å²) in [6.45, 7) is 6.03. The summed E-state index contributed by atoms with van der Waals surface area (Å²) in [5, 5.41) is 11.3. The van der Waals surface area contributed by atoms with Crippen molar-refractivity contribution in [2.75, 3.05) is 11.1 Å². The van der Waals surface area contributed by atoms with E-state index in [2.05, 4.69) is 21.6 Å². The monoisotopic (exact) mass is 353 g/mol. The second-order valence-corrected chi connectivity index (χ2v) is 6.88. The number of carbonyl (C=O) groups is 1. The van der Waals surface area contributed by atoms with Gasteiger partial charge in [-0.15, -0.1) is 10.2 Å². The van der Waals surface area contributed by atoms with Gasteiger partial charge < -0.3 is 9.73 Å². The summed E-state index contributed by atoms with van der Waals surface area (Å²) in [5.74, 6) is 0.560. The molecule has 0 radical (unpaired) electrons. The largest absolute Gasteiger partial charge is 0.411 e. The highest BCUT2D eigenvalue weighted by Gasteiger charge is 2.11. The van der Waals surface area contributed by atoms with Crippen LogP contribution in [-0.4, -0.2) is 21.9 Å². The zero-order chi connectivity index (χ0) is 17.8. The molecular formula is C19H19N3O2S. The second kappa shape index (κ2) is 7.53. The van der Waals surface area contributed by atoms with Gasteiger partial charge in [0, 0.05) is 11.3 Å². The van der Waals surface area contributed by atoms with Crippen molar-refractivity contribution in [3.63, 3.8) is 0 Å². The van der Waals surface area contributed by atoms with Crippen molar-refractivity contribution in [2.45, 2.75) is 26.0 Å². The van der Waals surface area contributed by atoms with Crippen LogP contribution in [0, 0.1) is 20.8 Å². The van der Waals surface area contributed by atoms with Crippen molar-refractivity contribution in [2.24, 2.45) is 0 Å². The molecule has 6 heteroatoms. The summed E-state index contributed by atoms with van der Waals surface area (Å²) in [5.41, 5.74) is 5.06. The topological polar surface area (TPSA) is 68.0 Å². The Balaban J connectivity index is 1.58. The molecule has 0 aliphatic carbocycles. The number of benzene rings is 2. The van der Waals surface area contributed by atoms with Crippen LogP contribution in [0.15, 0.2) is 52.1 Å². The summed E-state index contributed by atoms with van der Waals surface area (Å²) in [7, 11) is 0. The standard InChI is InChI=1S/C19H19N3O2S/c1-12-4-6-15(7-5-12)18-21-22-19(24-18)25-11-17(23)20-16-9-13(2)8-14(3)10-16/h4-10H,11H2,1-3H3,(H,20,23). The average molecular weight is 353 g/mol. The first-order valence-corrected chi connectivity index (χ1v) is 8.89. The van der Waals surface area contributed by atoms with E-state index in [-0.39, 0.29) is 11.7 Å². The molecule has 1 heterocycles. The minimum atomic E-state index is -0.106. The van der Waals surface area contributed by atoms with Crippen LogP contribution in [-0.2, 0) is 4.79 Å². The number of thioether (sulfide) groups is 1. The minimum Gasteiger partial charge on any atom is -0.411 e. The number of hydrogen-bond donors (Lipinski definition) is 1. The molecule has 25 heavy (non-hydrogen) atoms. The van der Waals surface area contributed by atoms with E-state index >= 15 is 0 Å². The lowest BCUT2D eigenvalue weighted by Crippen LogP contribution is -2.14. The Hall–Kier alpha value is -2.60. The molecular weight excluding hydrogens is 334 g/mol. The third-order valence-electron chi connectivity index (χ3n) is 3.54. The average Bonchev–Trinajstić information content (AvgIpc) is 3.01. The molecule has 0 aliphatic heterocycles. The van der Waals surface area contributed by atoms with Gasteiger partial charge in [0.15, 0.2) is 0 Å². The van der Waals surface area contributed by atoms with E-state index in [9.17, 15) is 4.79 Å². The molecule has 0 bridgehead atoms. The third kappa shape index (κ3) is 4.70. The van der Waals surface area contributed by atoms with Crippen LogP contribution < -0.4 is 5.32 Å². The van der Waals surface area contributed by atoms with E-state index in [0.29, 0.717) is 11.1 Å². The Morgan fingerprint density at radius 1 is 1.00 bits per heavy atom. The fraction of sp³-hybridized carbons (Fsp3) is 0.211. The first kappa shape index (κ1) is 17.2. The normalized spacial score (nSPS) is 10.7. The number of amides is 1. The maximum atomic E-state index is 12.1. The van der Waals surface area contributed by atoms with Gasteiger partial charge in [-0.1, -0.05) is 35.5 Å². The number of aromatic nitrogens is 2. The zero-order valence-corrected chi connectivity index (χ0v) is 15.2. The fourth-order valence-electron chi connectivity index (χ4n) is 2.45. The van der Waals surface area contributed by atoms with Crippen LogP contribution in [0.1, 0.15) is 16.7 Å². The van der Waals surface area contributed by atoms with E-state index in [1.807, 2.05) is 57.2 Å². The van der Waals surface area contributed by atoms with Crippen LogP contribution in [0.25, 0.3) is 11.5 Å². The lowest BCUT2D eigenvalue weighted by Gasteiger charge is -2.06. The molecule has 0 saturated heterocycles. The first-order valence-electron chi connectivity index (χ1n) is 7.91. The predicted molar refractivity (Wildman–Crippen MR) is 99.7 cm³/mol. The van der Waals surface area contributed by atoms with Crippen LogP contribution in [0.2, 0.25) is 0 Å². The van der Waals surface area contributed by atoms with Crippen molar-refractivity contribution >= 4 is 23.4 Å². The molecule has 0 atom stereocenters. The van der Waals surface area contributed by atoms with Gasteiger partial charge in [-0.25, -0.2) is 0 Å². The Kier molecular flexibility index (Phi) is 5.19. The molecule has 3 aromatic rings. The van der Waals surface area contributed by atoms with Crippen molar-refractivity contribution < 1.29 is 9.21 Å². The second-order valence-electron chi connectivity index (χ2n) is 5.95. The highest BCUT2D eigenvalue weighted by atomic mass is 32.2. The third-order valence-corrected chi connectivity index (χ3v) is 4.36. The molecule has 0 fully saturated rings. The molecule has 1 aromatic heterocycles. The van der Waals surface area contributed by atoms with E-state index in [4.69, 9.17) is 4.42 Å². The number of aryl methyl sites for hydroxylation is 3. The van der Waals surface area contributed by atoms with Gasteiger partial charge in [-0.2, -0.15) is 0 Å². The highest BCUT2D eigenvalue weighted by Crippen LogP contribution is 2.23. The van der Waals surface area contributed by atoms with E-state index in [1.54, 1.807) is 0 Å². The van der Waals surface area contributed by atoms with Gasteiger partial charge in [0.05, 0.1) is 5.75 Å². The molecule has 128 valence electrons. The molecule has 0 spiro atoms. The maximum Gasteiger partial charge on any atom is 0.277 e. The number of nitrogens with one attached hydrogen (secondary N) is 1. The van der Waals surface area contributed by atoms with Gasteiger partial charge >= 0.3 is 0 Å². The minimum absolute atomic E-state index is 0.106. The molecule has 0 aliphatic rings. The van der Waals surface area contributed by atoms with E-state index < -0.39 is 0 Å². The van der Waals surface area contributed by atoms with Crippen molar-refractivity contribution in [1.82, 2.24) is 10.2 Å². The Labute approximate surface area is 150 Å². The SMILES string of the molecule is Cc1ccc(-c2nnc(SCC(=O)Nc3cc(C)cc(C)c3)o2)cc1. The fourth-order valence-corrected chi connectivity index (χ4v) is 3.02. The van der Waals surface area contributed by atoms with Crippen LogP contribution in [0.5, 0.6) is 0 Å². The lowest BCUT2D eigenvalue weighted by atomic mass is 10.1. The summed E-state index contributed by atoms with van der Waals surface area (Å²) in [6.07, 6.45) is 0. The molecule has 0 saturated carbocycles. The Bertz CT molecular complexity index is 868. The predicted octanol–water partition coefficient (Wildman–Crippen LogP) is 4.39. The number of nitrogens with zero attached hydrogens (tertiary/aromatic N) is 2. The van der Waals surface area contributed by atoms with E-state index in [1.165, 1.54) is 17.3 Å². The number of rotatable bonds is 5. The van der Waals surface area contributed by atoms with Gasteiger partial charge in [0.2, 0.25) is 11.8 Å². The van der Waals surface area contributed by atoms with Crippen molar-refractivity contribution in [3.8, 4) is 11.5 Å². The highest BCUT2D eigenvalue weighted by molar-refractivity contribution is 7.99. The van der Waals surface area contributed by atoms with Crippen LogP contribution >= 0.6 is 11.8 Å². The Morgan fingerprint density at radius 3 is 2.36 bits per heavy atom. The number of anilines is 1. The molecule has 3 rings (SSSR count). The molecule has 0 unspecified atom stereocenters. The maximum absolute atomic E-state index is 12.1. The quantitative estimate of drug-likeness (QED) is 0.689. The molecule has 2 aromatic carbocycles. The smallest absolute Gasteiger partial charge is 0.277 e. The van der Waals surface area contributed by atoms with Crippen LogP contribution in [0.3, 0.4) is 0 Å². The van der Waals surface area contributed by atoms with Crippen molar-refractivity contribution in [3.05, 3.63) is 59.2 Å². The number of hydrogen-bond acceptors (Lipinski definition) is 5. The summed E-state index contributed by atoms with van der Waals surface area (Å²) >= 11 is 1.22. The lowest BCUT2D eigenvalue weighted by molar-refractivity contribution is -0.113. The summed E-state index contributed by atoms with van der Waals surface area (Å²) in [4.78, 5) is 12.1. The zero-order valence-electron chi connectivity index (χ0n) is 14.4. The van der Waals surface area contributed by atoms with Gasteiger partial charge in [-0.05, 0) is 56.2 Å². The van der Waals surface area contributed by atoms with E-state index in [0.717, 1.165) is 22.4 Å². The van der Waals surface area contributed by atoms with Gasteiger partial charge in [0.1, 0.15) is 0 Å². The Morgan fingerprint density at radius 2 is 1.68 bits per heavy atom. The summed E-state index contributed by atoms with van der Waals surface area (Å²) in [6, 6.07) is 13.8. The summed E-state index contributed by atoms with van der Waals surface area (Å²) < 4.78 is 5.61. The molecule has 1 N–H and O–H groups in total. The van der Waals surface area contributed by atoms with Gasteiger partial charge in [0.25, 0.3) is 5.22 Å². The van der Waals surface area contributed by atoms with Crippen LogP contribution in [0.4, 0.5) is 5.69 Å².